The first kappa shape index (κ1) is 13.8. The quantitative estimate of drug-likeness (QED) is 0.904. The van der Waals surface area contributed by atoms with Crippen LogP contribution in [0, 0.1) is 11.3 Å². The van der Waals surface area contributed by atoms with Gasteiger partial charge in [0, 0.05) is 11.5 Å². The molecule has 0 unspecified atom stereocenters. The van der Waals surface area contributed by atoms with E-state index in [0.717, 1.165) is 0 Å². The highest BCUT2D eigenvalue weighted by molar-refractivity contribution is 5.45. The van der Waals surface area contributed by atoms with Gasteiger partial charge >= 0.3 is 0 Å². The maximum atomic E-state index is 9.05. The number of anilines is 1. The molecule has 1 aromatic carbocycles. The monoisotopic (exact) mass is 268 g/mol. The number of hydrogen-bond acceptors (Lipinski definition) is 5. The van der Waals surface area contributed by atoms with E-state index in [9.17, 15) is 0 Å². The Kier molecular flexibility index (Phi) is 3.57. The molecular formula is C15H16N4O. The van der Waals surface area contributed by atoms with Gasteiger partial charge in [-0.1, -0.05) is 32.9 Å². The lowest BCUT2D eigenvalue weighted by molar-refractivity contribution is 0.445. The van der Waals surface area contributed by atoms with Gasteiger partial charge in [-0.25, -0.2) is 4.98 Å². The largest absolute Gasteiger partial charge is 0.437 e. The number of para-hydroxylation sites is 1. The van der Waals surface area contributed by atoms with Crippen molar-refractivity contribution in [3.63, 3.8) is 0 Å². The molecule has 0 fully saturated rings. The Morgan fingerprint density at radius 1 is 1.20 bits per heavy atom. The van der Waals surface area contributed by atoms with Gasteiger partial charge in [0.05, 0.1) is 5.56 Å². The highest BCUT2D eigenvalue weighted by atomic mass is 16.5. The van der Waals surface area contributed by atoms with E-state index in [1.807, 2.05) is 20.8 Å². The number of nitrogen functional groups attached to an aromatic ring is 1. The Labute approximate surface area is 118 Å². The fourth-order valence-corrected chi connectivity index (χ4v) is 1.59. The Hall–Kier alpha value is -2.61. The molecule has 0 radical (unpaired) electrons. The molecule has 0 amide bonds. The highest BCUT2D eigenvalue weighted by Crippen LogP contribution is 2.27. The molecule has 0 aliphatic heterocycles. The number of benzene rings is 1. The molecule has 0 saturated carbocycles. The average Bonchev–Trinajstić information content (AvgIpc) is 2.37. The second kappa shape index (κ2) is 5.17. The summed E-state index contributed by atoms with van der Waals surface area (Å²) < 4.78 is 5.66. The Morgan fingerprint density at radius 2 is 1.90 bits per heavy atom. The highest BCUT2D eigenvalue weighted by Gasteiger charge is 2.19. The molecule has 1 aromatic heterocycles. The molecule has 0 saturated heterocycles. The van der Waals surface area contributed by atoms with Crippen LogP contribution in [-0.2, 0) is 5.41 Å². The maximum absolute atomic E-state index is 9.05. The number of nitriles is 1. The lowest BCUT2D eigenvalue weighted by Gasteiger charge is -2.17. The summed E-state index contributed by atoms with van der Waals surface area (Å²) in [5.74, 6) is 1.73. The first-order valence-corrected chi connectivity index (χ1v) is 6.22. The van der Waals surface area contributed by atoms with Gasteiger partial charge < -0.3 is 10.5 Å². The van der Waals surface area contributed by atoms with Gasteiger partial charge in [-0.15, -0.1) is 0 Å². The van der Waals surface area contributed by atoms with Crippen LogP contribution in [0.5, 0.6) is 11.6 Å². The summed E-state index contributed by atoms with van der Waals surface area (Å²) in [5, 5.41) is 9.05. The normalized spacial score (nSPS) is 10.9. The minimum absolute atomic E-state index is 0.234. The summed E-state index contributed by atoms with van der Waals surface area (Å²) >= 11 is 0. The van der Waals surface area contributed by atoms with Crippen LogP contribution in [0.15, 0.2) is 30.3 Å². The fraction of sp³-hybridized carbons (Fsp3) is 0.267. The van der Waals surface area contributed by atoms with Crippen LogP contribution >= 0.6 is 0 Å². The second-order valence-electron chi connectivity index (χ2n) is 5.41. The van der Waals surface area contributed by atoms with Crippen LogP contribution in [0.1, 0.15) is 32.2 Å². The van der Waals surface area contributed by atoms with E-state index in [4.69, 9.17) is 15.7 Å². The average molecular weight is 268 g/mol. The van der Waals surface area contributed by atoms with Gasteiger partial charge in [0.25, 0.3) is 0 Å². The summed E-state index contributed by atoms with van der Waals surface area (Å²) in [6.07, 6.45) is 0. The standard InChI is InChI=1S/C15H16N4O/c1-15(2,3)14-18-12(17)8-13(19-14)20-11-7-5-4-6-10(11)9-16/h4-8H,1-3H3,(H2,17,18,19). The zero-order valence-corrected chi connectivity index (χ0v) is 11.7. The van der Waals surface area contributed by atoms with Gasteiger partial charge in [-0.2, -0.15) is 10.2 Å². The number of rotatable bonds is 2. The van der Waals surface area contributed by atoms with E-state index in [-0.39, 0.29) is 5.41 Å². The summed E-state index contributed by atoms with van der Waals surface area (Å²) in [7, 11) is 0. The van der Waals surface area contributed by atoms with Crippen molar-refractivity contribution in [2.24, 2.45) is 0 Å². The molecule has 0 aliphatic rings. The van der Waals surface area contributed by atoms with E-state index < -0.39 is 0 Å². The molecule has 0 aliphatic carbocycles. The van der Waals surface area contributed by atoms with Gasteiger partial charge in [0.15, 0.2) is 0 Å². The minimum atomic E-state index is -0.234. The molecule has 20 heavy (non-hydrogen) atoms. The van der Waals surface area contributed by atoms with E-state index in [2.05, 4.69) is 16.0 Å². The minimum Gasteiger partial charge on any atom is -0.437 e. The topological polar surface area (TPSA) is 84.8 Å². The smallest absolute Gasteiger partial charge is 0.224 e. The molecule has 2 N–H and O–H groups in total. The number of ether oxygens (including phenoxy) is 1. The van der Waals surface area contributed by atoms with Gasteiger partial charge in [-0.3, -0.25) is 0 Å². The third kappa shape index (κ3) is 3.04. The SMILES string of the molecule is CC(C)(C)c1nc(N)cc(Oc2ccccc2C#N)n1. The third-order valence-corrected chi connectivity index (χ3v) is 2.62. The van der Waals surface area contributed by atoms with E-state index in [1.165, 1.54) is 0 Å². The molecule has 2 aromatic rings. The number of hydrogen-bond donors (Lipinski definition) is 1. The molecule has 0 bridgehead atoms. The summed E-state index contributed by atoms with van der Waals surface area (Å²) in [6, 6.07) is 10.6. The molecule has 0 spiro atoms. The number of nitrogens with two attached hydrogens (primary N) is 1. The second-order valence-corrected chi connectivity index (χ2v) is 5.41. The number of nitrogens with zero attached hydrogens (tertiary/aromatic N) is 3. The van der Waals surface area contributed by atoms with Gasteiger partial charge in [-0.05, 0) is 12.1 Å². The van der Waals surface area contributed by atoms with Crippen molar-refractivity contribution >= 4 is 5.82 Å². The van der Waals surface area contributed by atoms with Crippen LogP contribution in [0.4, 0.5) is 5.82 Å². The van der Waals surface area contributed by atoms with Crippen molar-refractivity contribution in [2.75, 3.05) is 5.73 Å². The van der Waals surface area contributed by atoms with Crippen molar-refractivity contribution < 1.29 is 4.74 Å². The first-order valence-electron chi connectivity index (χ1n) is 6.22. The third-order valence-electron chi connectivity index (χ3n) is 2.62. The molecule has 2 rings (SSSR count). The lowest BCUT2D eigenvalue weighted by atomic mass is 9.96. The summed E-state index contributed by atoms with van der Waals surface area (Å²) in [4.78, 5) is 8.56. The zero-order chi connectivity index (χ0) is 14.8. The molecule has 102 valence electrons. The van der Waals surface area contributed by atoms with Crippen LogP contribution in [-0.4, -0.2) is 9.97 Å². The van der Waals surface area contributed by atoms with E-state index in [0.29, 0.717) is 28.8 Å². The molecular weight excluding hydrogens is 252 g/mol. The first-order chi connectivity index (χ1) is 9.40. The van der Waals surface area contributed by atoms with E-state index >= 15 is 0 Å². The zero-order valence-electron chi connectivity index (χ0n) is 11.7. The lowest BCUT2D eigenvalue weighted by Crippen LogP contribution is -2.17. The van der Waals surface area contributed by atoms with Gasteiger partial charge in [0.2, 0.25) is 5.88 Å². The predicted octanol–water partition coefficient (Wildman–Crippen LogP) is 3.02. The van der Waals surface area contributed by atoms with Crippen molar-refractivity contribution in [1.82, 2.24) is 9.97 Å². The molecule has 5 nitrogen and oxygen atoms in total. The molecule has 5 heteroatoms. The summed E-state index contributed by atoms with van der Waals surface area (Å²) in [5.41, 5.74) is 6.00. The summed E-state index contributed by atoms with van der Waals surface area (Å²) in [6.45, 7) is 5.98. The van der Waals surface area contributed by atoms with Gasteiger partial charge in [0.1, 0.15) is 23.5 Å². The van der Waals surface area contributed by atoms with Crippen LogP contribution in [0.2, 0.25) is 0 Å². The maximum Gasteiger partial charge on any atom is 0.224 e. The Bertz CT molecular complexity index is 668. The molecule has 0 atom stereocenters. The van der Waals surface area contributed by atoms with Crippen molar-refractivity contribution in [1.29, 1.82) is 5.26 Å². The van der Waals surface area contributed by atoms with Crippen molar-refractivity contribution in [3.05, 3.63) is 41.7 Å². The van der Waals surface area contributed by atoms with Crippen molar-refractivity contribution in [2.45, 2.75) is 26.2 Å². The number of aromatic nitrogens is 2. The van der Waals surface area contributed by atoms with Crippen LogP contribution in [0.25, 0.3) is 0 Å². The van der Waals surface area contributed by atoms with Crippen molar-refractivity contribution in [3.8, 4) is 17.7 Å². The predicted molar refractivity (Wildman–Crippen MR) is 76.4 cm³/mol. The Balaban J connectivity index is 2.40. The Morgan fingerprint density at radius 3 is 2.55 bits per heavy atom. The fourth-order valence-electron chi connectivity index (χ4n) is 1.59. The van der Waals surface area contributed by atoms with Crippen LogP contribution in [0.3, 0.4) is 0 Å². The van der Waals surface area contributed by atoms with Crippen LogP contribution < -0.4 is 10.5 Å². The van der Waals surface area contributed by atoms with E-state index in [1.54, 1.807) is 30.3 Å². The molecule has 1 heterocycles.